The van der Waals surface area contributed by atoms with Gasteiger partial charge in [0.2, 0.25) is 0 Å². The van der Waals surface area contributed by atoms with Crippen molar-refractivity contribution >= 4 is 5.91 Å². The van der Waals surface area contributed by atoms with Crippen LogP contribution in [0.4, 0.5) is 0 Å². The molecule has 1 aliphatic rings. The maximum Gasteiger partial charge on any atom is 0.267 e. The summed E-state index contributed by atoms with van der Waals surface area (Å²) in [4.78, 5) is 12.0. The summed E-state index contributed by atoms with van der Waals surface area (Å²) in [5.74, 6) is -0.165. The van der Waals surface area contributed by atoms with Gasteiger partial charge in [-0.15, -0.1) is 0 Å². The molecule has 0 fully saturated rings. The van der Waals surface area contributed by atoms with Gasteiger partial charge >= 0.3 is 0 Å². The van der Waals surface area contributed by atoms with Crippen LogP contribution < -0.4 is 10.6 Å². The lowest BCUT2D eigenvalue weighted by Gasteiger charge is -2.17. The number of nitrogens with one attached hydrogen (secondary N) is 2. The van der Waals surface area contributed by atoms with Gasteiger partial charge in [0, 0.05) is 6.04 Å². The Morgan fingerprint density at radius 1 is 1.50 bits per heavy atom. The van der Waals surface area contributed by atoms with Gasteiger partial charge in [-0.05, 0) is 18.9 Å². The number of amides is 1. The fraction of sp³-hybridized carbons (Fsp3) is 0.357. The molecular weight excluding hydrogens is 228 g/mol. The minimum absolute atomic E-state index is 0.113. The first-order valence-corrected chi connectivity index (χ1v) is 6.14. The number of rotatable bonds is 4. The van der Waals surface area contributed by atoms with Gasteiger partial charge in [-0.1, -0.05) is 36.4 Å². The number of aliphatic hydroxyl groups excluding tert-OH is 1. The normalized spacial score (nSPS) is 19.9. The van der Waals surface area contributed by atoms with Gasteiger partial charge in [-0.3, -0.25) is 4.79 Å². The first-order chi connectivity index (χ1) is 8.70. The Balaban J connectivity index is 2.01. The SMILES string of the molecule is CC1CC=C(C(=O)N[C@H](CO)c2ccccc2)N1. The van der Waals surface area contributed by atoms with E-state index in [-0.39, 0.29) is 18.6 Å². The van der Waals surface area contributed by atoms with Gasteiger partial charge in [0.15, 0.2) is 0 Å². The highest BCUT2D eigenvalue weighted by Crippen LogP contribution is 2.14. The molecule has 0 aromatic heterocycles. The lowest BCUT2D eigenvalue weighted by atomic mass is 10.1. The van der Waals surface area contributed by atoms with Gasteiger partial charge in [-0.2, -0.15) is 0 Å². The van der Waals surface area contributed by atoms with Crippen molar-refractivity contribution in [1.29, 1.82) is 0 Å². The van der Waals surface area contributed by atoms with E-state index in [0.29, 0.717) is 11.7 Å². The van der Waals surface area contributed by atoms with Crippen LogP contribution in [0.1, 0.15) is 24.9 Å². The zero-order valence-corrected chi connectivity index (χ0v) is 10.4. The van der Waals surface area contributed by atoms with Gasteiger partial charge in [0.05, 0.1) is 18.3 Å². The van der Waals surface area contributed by atoms with Crippen molar-refractivity contribution in [2.75, 3.05) is 6.61 Å². The Bertz CT molecular complexity index is 442. The van der Waals surface area contributed by atoms with E-state index in [1.165, 1.54) is 0 Å². The van der Waals surface area contributed by atoms with E-state index in [4.69, 9.17) is 0 Å². The number of hydrogen-bond donors (Lipinski definition) is 3. The molecule has 1 amide bonds. The molecule has 1 aliphatic heterocycles. The Morgan fingerprint density at radius 2 is 2.22 bits per heavy atom. The second-order valence-electron chi connectivity index (χ2n) is 4.52. The van der Waals surface area contributed by atoms with Crippen LogP contribution in [0.2, 0.25) is 0 Å². The Kier molecular flexibility index (Phi) is 3.99. The fourth-order valence-corrected chi connectivity index (χ4v) is 1.99. The predicted octanol–water partition coefficient (Wildman–Crippen LogP) is 1.10. The van der Waals surface area contributed by atoms with E-state index in [1.807, 2.05) is 43.3 Å². The Labute approximate surface area is 107 Å². The molecule has 4 heteroatoms. The summed E-state index contributed by atoms with van der Waals surface area (Å²) in [6, 6.07) is 9.40. The van der Waals surface area contributed by atoms with Crippen LogP contribution in [0.25, 0.3) is 0 Å². The Hall–Kier alpha value is -1.81. The molecule has 1 aromatic carbocycles. The van der Waals surface area contributed by atoms with Gasteiger partial charge in [0.1, 0.15) is 0 Å². The molecule has 0 saturated carbocycles. The lowest BCUT2D eigenvalue weighted by Crippen LogP contribution is -2.36. The van der Waals surface area contributed by atoms with Crippen molar-refractivity contribution in [3.63, 3.8) is 0 Å². The van der Waals surface area contributed by atoms with E-state index in [2.05, 4.69) is 10.6 Å². The molecule has 0 spiro atoms. The Morgan fingerprint density at radius 3 is 2.78 bits per heavy atom. The molecule has 1 aromatic rings. The van der Waals surface area contributed by atoms with E-state index >= 15 is 0 Å². The van der Waals surface area contributed by atoms with Crippen LogP contribution in [0.5, 0.6) is 0 Å². The topological polar surface area (TPSA) is 61.4 Å². The van der Waals surface area contributed by atoms with E-state index in [1.54, 1.807) is 0 Å². The van der Waals surface area contributed by atoms with Gasteiger partial charge in [-0.25, -0.2) is 0 Å². The molecule has 0 radical (unpaired) electrons. The molecule has 18 heavy (non-hydrogen) atoms. The number of aliphatic hydroxyl groups is 1. The van der Waals surface area contributed by atoms with Crippen molar-refractivity contribution in [3.8, 4) is 0 Å². The molecule has 0 saturated heterocycles. The van der Waals surface area contributed by atoms with Gasteiger partial charge < -0.3 is 15.7 Å². The highest BCUT2D eigenvalue weighted by molar-refractivity contribution is 5.93. The number of carbonyl (C=O) groups is 1. The molecule has 2 rings (SSSR count). The van der Waals surface area contributed by atoms with Crippen LogP contribution in [0.15, 0.2) is 42.1 Å². The highest BCUT2D eigenvalue weighted by Gasteiger charge is 2.20. The predicted molar refractivity (Wildman–Crippen MR) is 69.7 cm³/mol. The molecule has 0 aliphatic carbocycles. The second-order valence-corrected chi connectivity index (χ2v) is 4.52. The average molecular weight is 246 g/mol. The smallest absolute Gasteiger partial charge is 0.267 e. The minimum Gasteiger partial charge on any atom is -0.394 e. The van der Waals surface area contributed by atoms with Crippen molar-refractivity contribution in [2.45, 2.75) is 25.4 Å². The molecule has 2 atom stereocenters. The summed E-state index contributed by atoms with van der Waals surface area (Å²) in [7, 11) is 0. The lowest BCUT2D eigenvalue weighted by molar-refractivity contribution is -0.118. The summed E-state index contributed by atoms with van der Waals surface area (Å²) in [5, 5.41) is 15.3. The maximum atomic E-state index is 12.0. The van der Waals surface area contributed by atoms with Crippen molar-refractivity contribution in [1.82, 2.24) is 10.6 Å². The third kappa shape index (κ3) is 2.90. The van der Waals surface area contributed by atoms with Crippen molar-refractivity contribution < 1.29 is 9.90 Å². The van der Waals surface area contributed by atoms with Crippen LogP contribution >= 0.6 is 0 Å². The fourth-order valence-electron chi connectivity index (χ4n) is 1.99. The van der Waals surface area contributed by atoms with Crippen molar-refractivity contribution in [2.24, 2.45) is 0 Å². The van der Waals surface area contributed by atoms with E-state index in [0.717, 1.165) is 12.0 Å². The molecule has 96 valence electrons. The average Bonchev–Trinajstić information content (AvgIpc) is 2.83. The molecular formula is C14H18N2O2. The summed E-state index contributed by atoms with van der Waals surface area (Å²) >= 11 is 0. The van der Waals surface area contributed by atoms with E-state index in [9.17, 15) is 9.90 Å². The van der Waals surface area contributed by atoms with Crippen molar-refractivity contribution in [3.05, 3.63) is 47.7 Å². The number of carbonyl (C=O) groups excluding carboxylic acids is 1. The quantitative estimate of drug-likeness (QED) is 0.745. The summed E-state index contributed by atoms with van der Waals surface area (Å²) in [5.41, 5.74) is 1.50. The summed E-state index contributed by atoms with van der Waals surface area (Å²) in [6.45, 7) is 1.91. The molecule has 1 unspecified atom stereocenters. The van der Waals surface area contributed by atoms with Crippen LogP contribution in [-0.2, 0) is 4.79 Å². The number of hydrogen-bond acceptors (Lipinski definition) is 3. The zero-order valence-electron chi connectivity index (χ0n) is 10.4. The standard InChI is InChI=1S/C14H18N2O2/c1-10-7-8-12(15-10)14(18)16-13(9-17)11-5-3-2-4-6-11/h2-6,8,10,13,15,17H,7,9H2,1H3,(H,16,18)/t10?,13-/m1/s1. The molecule has 0 bridgehead atoms. The molecule has 1 heterocycles. The maximum absolute atomic E-state index is 12.0. The third-order valence-electron chi connectivity index (χ3n) is 3.01. The highest BCUT2D eigenvalue weighted by atomic mass is 16.3. The monoisotopic (exact) mass is 246 g/mol. The number of benzene rings is 1. The van der Waals surface area contributed by atoms with Crippen LogP contribution in [0.3, 0.4) is 0 Å². The zero-order chi connectivity index (χ0) is 13.0. The third-order valence-corrected chi connectivity index (χ3v) is 3.01. The summed E-state index contributed by atoms with van der Waals surface area (Å²) in [6.07, 6.45) is 2.75. The minimum atomic E-state index is -0.364. The summed E-state index contributed by atoms with van der Waals surface area (Å²) < 4.78 is 0. The molecule has 3 N–H and O–H groups in total. The van der Waals surface area contributed by atoms with Gasteiger partial charge in [0.25, 0.3) is 5.91 Å². The van der Waals surface area contributed by atoms with Crippen LogP contribution in [0, 0.1) is 0 Å². The first-order valence-electron chi connectivity index (χ1n) is 6.14. The molecule has 4 nitrogen and oxygen atoms in total. The first kappa shape index (κ1) is 12.6. The largest absolute Gasteiger partial charge is 0.394 e. The second kappa shape index (κ2) is 5.69. The van der Waals surface area contributed by atoms with Crippen LogP contribution in [-0.4, -0.2) is 23.7 Å². The van der Waals surface area contributed by atoms with E-state index < -0.39 is 0 Å².